The molecule has 1 saturated heterocycles. The molecule has 2 rings (SSSR count). The highest BCUT2D eigenvalue weighted by molar-refractivity contribution is 5.78. The van der Waals surface area contributed by atoms with E-state index in [4.69, 9.17) is 9.47 Å². The zero-order valence-corrected chi connectivity index (χ0v) is 12.2. The summed E-state index contributed by atoms with van der Waals surface area (Å²) >= 11 is 0. The molecule has 1 N–H and O–H groups in total. The van der Waals surface area contributed by atoms with Gasteiger partial charge in [-0.3, -0.25) is 5.32 Å². The van der Waals surface area contributed by atoms with Crippen molar-refractivity contribution < 1.29 is 14.3 Å². The van der Waals surface area contributed by atoms with Crippen LogP contribution in [0.2, 0.25) is 0 Å². The van der Waals surface area contributed by atoms with E-state index in [1.54, 1.807) is 0 Å². The highest BCUT2D eigenvalue weighted by atomic mass is 16.5. The van der Waals surface area contributed by atoms with Gasteiger partial charge in [-0.25, -0.2) is 4.79 Å². The van der Waals surface area contributed by atoms with Crippen LogP contribution in [0, 0.1) is 6.92 Å². The molecule has 1 aromatic carbocycles. The molecule has 0 radical (unpaired) electrons. The number of hydrogen-bond acceptors (Lipinski definition) is 4. The van der Waals surface area contributed by atoms with Crippen molar-refractivity contribution in [3.8, 4) is 0 Å². The third-order valence-corrected chi connectivity index (χ3v) is 3.60. The van der Waals surface area contributed by atoms with E-state index in [1.807, 2.05) is 38.1 Å². The SMILES string of the molecule is CCOC(=O)C(NCC1CCCO1)c1ccccc1C. The third-order valence-electron chi connectivity index (χ3n) is 3.60. The van der Waals surface area contributed by atoms with Crippen molar-refractivity contribution in [2.24, 2.45) is 0 Å². The Hall–Kier alpha value is -1.39. The van der Waals surface area contributed by atoms with Gasteiger partial charge in [0, 0.05) is 13.2 Å². The highest BCUT2D eigenvalue weighted by Gasteiger charge is 2.25. The van der Waals surface area contributed by atoms with Crippen molar-refractivity contribution in [2.45, 2.75) is 38.8 Å². The van der Waals surface area contributed by atoms with Gasteiger partial charge in [-0.1, -0.05) is 24.3 Å². The first-order valence-electron chi connectivity index (χ1n) is 7.29. The van der Waals surface area contributed by atoms with Crippen molar-refractivity contribution >= 4 is 5.97 Å². The lowest BCUT2D eigenvalue weighted by atomic mass is 10.0. The van der Waals surface area contributed by atoms with E-state index < -0.39 is 6.04 Å². The van der Waals surface area contributed by atoms with Gasteiger partial charge < -0.3 is 9.47 Å². The molecule has 1 heterocycles. The summed E-state index contributed by atoms with van der Waals surface area (Å²) in [5, 5.41) is 3.30. The second-order valence-electron chi connectivity index (χ2n) is 5.08. The Kier molecular flexibility index (Phi) is 5.56. The van der Waals surface area contributed by atoms with Crippen molar-refractivity contribution in [3.63, 3.8) is 0 Å². The van der Waals surface area contributed by atoms with Crippen LogP contribution < -0.4 is 5.32 Å². The van der Waals surface area contributed by atoms with Gasteiger partial charge in [0.05, 0.1) is 12.7 Å². The normalized spacial score (nSPS) is 19.8. The van der Waals surface area contributed by atoms with E-state index in [0.29, 0.717) is 13.2 Å². The van der Waals surface area contributed by atoms with Crippen molar-refractivity contribution in [1.82, 2.24) is 5.32 Å². The smallest absolute Gasteiger partial charge is 0.327 e. The van der Waals surface area contributed by atoms with Gasteiger partial charge in [0.1, 0.15) is 6.04 Å². The Balaban J connectivity index is 2.07. The molecule has 0 spiro atoms. The minimum Gasteiger partial charge on any atom is -0.465 e. The average Bonchev–Trinajstić information content (AvgIpc) is 2.94. The van der Waals surface area contributed by atoms with Crippen LogP contribution in [-0.2, 0) is 14.3 Å². The summed E-state index contributed by atoms with van der Waals surface area (Å²) in [6.45, 7) is 5.73. The lowest BCUT2D eigenvalue weighted by molar-refractivity contribution is -0.146. The molecule has 0 saturated carbocycles. The fourth-order valence-corrected chi connectivity index (χ4v) is 2.51. The summed E-state index contributed by atoms with van der Waals surface area (Å²) in [5.74, 6) is -0.222. The molecule has 0 aliphatic carbocycles. The summed E-state index contributed by atoms with van der Waals surface area (Å²) in [4.78, 5) is 12.2. The van der Waals surface area contributed by atoms with Gasteiger partial charge in [0.15, 0.2) is 0 Å². The maximum atomic E-state index is 12.2. The van der Waals surface area contributed by atoms with Crippen LogP contribution in [0.3, 0.4) is 0 Å². The summed E-state index contributed by atoms with van der Waals surface area (Å²) in [6, 6.07) is 7.48. The fourth-order valence-electron chi connectivity index (χ4n) is 2.51. The van der Waals surface area contributed by atoms with Gasteiger partial charge >= 0.3 is 5.97 Å². The van der Waals surface area contributed by atoms with Crippen LogP contribution in [-0.4, -0.2) is 31.8 Å². The van der Waals surface area contributed by atoms with E-state index >= 15 is 0 Å². The minimum atomic E-state index is -0.416. The first-order chi connectivity index (χ1) is 9.72. The van der Waals surface area contributed by atoms with Crippen LogP contribution in [0.5, 0.6) is 0 Å². The van der Waals surface area contributed by atoms with E-state index in [2.05, 4.69) is 5.32 Å². The van der Waals surface area contributed by atoms with Crippen LogP contribution in [0.25, 0.3) is 0 Å². The van der Waals surface area contributed by atoms with Gasteiger partial charge in [-0.05, 0) is 37.8 Å². The van der Waals surface area contributed by atoms with Crippen LogP contribution >= 0.6 is 0 Å². The molecule has 4 nitrogen and oxygen atoms in total. The van der Waals surface area contributed by atoms with E-state index in [1.165, 1.54) is 0 Å². The number of rotatable bonds is 6. The molecule has 1 aromatic rings. The summed E-state index contributed by atoms with van der Waals surface area (Å²) in [6.07, 6.45) is 2.35. The van der Waals surface area contributed by atoms with Crippen molar-refractivity contribution in [2.75, 3.05) is 19.8 Å². The summed E-state index contributed by atoms with van der Waals surface area (Å²) < 4.78 is 10.8. The maximum Gasteiger partial charge on any atom is 0.327 e. The Labute approximate surface area is 120 Å². The first-order valence-corrected chi connectivity index (χ1v) is 7.29. The number of ether oxygens (including phenoxy) is 2. The number of carbonyl (C=O) groups is 1. The number of aryl methyl sites for hydroxylation is 1. The Morgan fingerprint density at radius 2 is 2.30 bits per heavy atom. The molecule has 0 amide bonds. The Morgan fingerprint density at radius 1 is 1.50 bits per heavy atom. The highest BCUT2D eigenvalue weighted by Crippen LogP contribution is 2.20. The molecular formula is C16H23NO3. The zero-order chi connectivity index (χ0) is 14.4. The molecule has 1 aliphatic rings. The second-order valence-corrected chi connectivity index (χ2v) is 5.08. The molecule has 20 heavy (non-hydrogen) atoms. The lowest BCUT2D eigenvalue weighted by Crippen LogP contribution is -2.35. The lowest BCUT2D eigenvalue weighted by Gasteiger charge is -2.21. The van der Waals surface area contributed by atoms with E-state index in [-0.39, 0.29) is 12.1 Å². The van der Waals surface area contributed by atoms with Gasteiger partial charge in [0.25, 0.3) is 0 Å². The molecule has 0 aromatic heterocycles. The largest absolute Gasteiger partial charge is 0.465 e. The van der Waals surface area contributed by atoms with Gasteiger partial charge in [-0.2, -0.15) is 0 Å². The summed E-state index contributed by atoms with van der Waals surface area (Å²) in [7, 11) is 0. The second kappa shape index (κ2) is 7.41. The number of esters is 1. The monoisotopic (exact) mass is 277 g/mol. The van der Waals surface area contributed by atoms with Crippen molar-refractivity contribution in [3.05, 3.63) is 35.4 Å². The molecule has 0 bridgehead atoms. The molecule has 2 unspecified atom stereocenters. The molecule has 1 fully saturated rings. The maximum absolute atomic E-state index is 12.2. The minimum absolute atomic E-state index is 0.205. The topological polar surface area (TPSA) is 47.6 Å². The van der Waals surface area contributed by atoms with E-state index in [0.717, 1.165) is 30.6 Å². The Morgan fingerprint density at radius 3 is 2.95 bits per heavy atom. The standard InChI is InChI=1S/C16H23NO3/c1-3-19-16(18)15(14-9-5-4-7-12(14)2)17-11-13-8-6-10-20-13/h4-5,7,9,13,15,17H,3,6,8,10-11H2,1-2H3. The predicted molar refractivity (Wildman–Crippen MR) is 77.5 cm³/mol. The quantitative estimate of drug-likeness (QED) is 0.811. The van der Waals surface area contributed by atoms with Gasteiger partial charge in [0.2, 0.25) is 0 Å². The molecule has 110 valence electrons. The van der Waals surface area contributed by atoms with Crippen LogP contribution in [0.4, 0.5) is 0 Å². The molecule has 1 aliphatic heterocycles. The van der Waals surface area contributed by atoms with Crippen LogP contribution in [0.15, 0.2) is 24.3 Å². The number of nitrogens with one attached hydrogen (secondary N) is 1. The first kappa shape index (κ1) is 15.0. The van der Waals surface area contributed by atoms with Crippen molar-refractivity contribution in [1.29, 1.82) is 0 Å². The number of benzene rings is 1. The summed E-state index contributed by atoms with van der Waals surface area (Å²) in [5.41, 5.74) is 2.06. The number of hydrogen-bond donors (Lipinski definition) is 1. The van der Waals surface area contributed by atoms with Crippen LogP contribution in [0.1, 0.15) is 36.9 Å². The third kappa shape index (κ3) is 3.81. The van der Waals surface area contributed by atoms with Gasteiger partial charge in [-0.15, -0.1) is 0 Å². The molecule has 2 atom stereocenters. The zero-order valence-electron chi connectivity index (χ0n) is 12.2. The average molecular weight is 277 g/mol. The van der Waals surface area contributed by atoms with E-state index in [9.17, 15) is 4.79 Å². The number of carbonyl (C=O) groups excluding carboxylic acids is 1. The fraction of sp³-hybridized carbons (Fsp3) is 0.562. The molecule has 4 heteroatoms. The molecular weight excluding hydrogens is 254 g/mol. The Bertz CT molecular complexity index is 441. The predicted octanol–water partition coefficient (Wildman–Crippen LogP) is 2.37.